The zero-order chi connectivity index (χ0) is 7.11. The molecule has 0 aromatic heterocycles. The van der Waals surface area contributed by atoms with E-state index in [1.807, 2.05) is 0 Å². The molecule has 0 aliphatic heterocycles. The van der Waals surface area contributed by atoms with Crippen LogP contribution in [0.2, 0.25) is 3.93 Å². The van der Waals surface area contributed by atoms with Crippen molar-refractivity contribution >= 4 is 22.5 Å². The van der Waals surface area contributed by atoms with E-state index in [9.17, 15) is 0 Å². The Morgan fingerprint density at radius 2 is 1.89 bits per heavy atom. The van der Waals surface area contributed by atoms with E-state index in [4.69, 9.17) is 0 Å². The molecule has 53 valence electrons. The maximum atomic E-state index is 2.34. The Bertz CT molecular complexity index is 50.5. The first-order chi connectivity index (χ1) is 4.27. The first-order valence-corrected chi connectivity index (χ1v) is 5.63. The summed E-state index contributed by atoms with van der Waals surface area (Å²) in [6, 6.07) is 0. The molecule has 0 aliphatic carbocycles. The summed E-state index contributed by atoms with van der Waals surface area (Å²) in [4.78, 5) is 0. The molecule has 9 heavy (non-hydrogen) atoms. The Kier molecular flexibility index (Phi) is 7.53. The van der Waals surface area contributed by atoms with Crippen LogP contribution >= 0.6 is 0 Å². The van der Waals surface area contributed by atoms with Gasteiger partial charge in [-0.25, -0.2) is 0 Å². The Labute approximate surface area is 72.5 Å². The molecule has 1 atom stereocenters. The van der Waals surface area contributed by atoms with Gasteiger partial charge in [0.1, 0.15) is 0 Å². The Morgan fingerprint density at radius 3 is 2.33 bits per heavy atom. The van der Waals surface area contributed by atoms with Crippen LogP contribution in [0.25, 0.3) is 0 Å². The molecular formula is C8H17Sn. The van der Waals surface area contributed by atoms with Crippen molar-refractivity contribution in [1.82, 2.24) is 0 Å². The fourth-order valence-electron chi connectivity index (χ4n) is 0.877. The molecule has 0 heterocycles. The molecule has 0 nitrogen and oxygen atoms in total. The van der Waals surface area contributed by atoms with E-state index in [1.54, 1.807) is 22.5 Å². The summed E-state index contributed by atoms with van der Waals surface area (Å²) in [7, 11) is 0. The van der Waals surface area contributed by atoms with Gasteiger partial charge in [0.05, 0.1) is 0 Å². The molecule has 3 radical (unpaired) electrons. The van der Waals surface area contributed by atoms with Gasteiger partial charge in [-0.2, -0.15) is 0 Å². The number of hydrogen-bond donors (Lipinski definition) is 0. The molecule has 0 N–H and O–H groups in total. The van der Waals surface area contributed by atoms with Crippen molar-refractivity contribution < 1.29 is 0 Å². The normalized spacial score (nSPS) is 13.7. The molecule has 0 bridgehead atoms. The van der Waals surface area contributed by atoms with Gasteiger partial charge in [-0.3, -0.25) is 0 Å². The monoisotopic (exact) mass is 233 g/mol. The van der Waals surface area contributed by atoms with Crippen molar-refractivity contribution in [3.63, 3.8) is 0 Å². The summed E-state index contributed by atoms with van der Waals surface area (Å²) in [6.45, 7) is 4.60. The van der Waals surface area contributed by atoms with Crippen molar-refractivity contribution in [2.24, 2.45) is 0 Å². The molecule has 0 aliphatic rings. The molecule has 0 amide bonds. The summed E-state index contributed by atoms with van der Waals surface area (Å²) in [5.41, 5.74) is 0. The minimum atomic E-state index is 0.994. The topological polar surface area (TPSA) is 0 Å². The van der Waals surface area contributed by atoms with E-state index in [0.717, 1.165) is 3.93 Å². The average Bonchev–Trinajstić information content (AvgIpc) is 1.80. The molecule has 1 heteroatoms. The van der Waals surface area contributed by atoms with Crippen LogP contribution in [-0.4, -0.2) is 22.5 Å². The van der Waals surface area contributed by atoms with Crippen LogP contribution in [0.5, 0.6) is 0 Å². The fourth-order valence-corrected chi connectivity index (χ4v) is 1.46. The van der Waals surface area contributed by atoms with Gasteiger partial charge >= 0.3 is 72.4 Å². The molecule has 0 saturated heterocycles. The molecule has 0 saturated carbocycles. The van der Waals surface area contributed by atoms with Crippen LogP contribution in [0.4, 0.5) is 0 Å². The van der Waals surface area contributed by atoms with Crippen LogP contribution in [0.3, 0.4) is 0 Å². The number of rotatable bonds is 5. The first-order valence-electron chi connectivity index (χ1n) is 3.98. The third-order valence-electron chi connectivity index (χ3n) is 1.49. The van der Waals surface area contributed by atoms with E-state index in [-0.39, 0.29) is 0 Å². The first kappa shape index (κ1) is 9.80. The molecule has 0 aromatic carbocycles. The molecule has 1 unspecified atom stereocenters. The standard InChI is InChI=1S/C8H17.Sn/c1-3-5-7-8-6-4-2;/h3H,4-8H2,1-2H3;. The number of hydrogen-bond acceptors (Lipinski definition) is 0. The fraction of sp³-hybridized carbons (Fsp3) is 1.00. The van der Waals surface area contributed by atoms with Gasteiger partial charge in [0, 0.05) is 0 Å². The SMILES string of the molecule is CCCCCC[CH](C)[Sn]. The van der Waals surface area contributed by atoms with Gasteiger partial charge in [0.15, 0.2) is 0 Å². The van der Waals surface area contributed by atoms with Crippen LogP contribution in [0, 0.1) is 0 Å². The van der Waals surface area contributed by atoms with Gasteiger partial charge < -0.3 is 0 Å². The van der Waals surface area contributed by atoms with Gasteiger partial charge in [-0.05, 0) is 0 Å². The summed E-state index contributed by atoms with van der Waals surface area (Å²) in [6.07, 6.45) is 7.17. The average molecular weight is 232 g/mol. The van der Waals surface area contributed by atoms with Crippen molar-refractivity contribution in [1.29, 1.82) is 0 Å². The van der Waals surface area contributed by atoms with E-state index in [1.165, 1.54) is 32.1 Å². The Hall–Kier alpha value is 0.799. The summed E-state index contributed by atoms with van der Waals surface area (Å²) >= 11 is 1.71. The van der Waals surface area contributed by atoms with E-state index in [0.29, 0.717) is 0 Å². The summed E-state index contributed by atoms with van der Waals surface area (Å²) in [5.74, 6) is 0. The summed E-state index contributed by atoms with van der Waals surface area (Å²) < 4.78 is 0.994. The van der Waals surface area contributed by atoms with Crippen LogP contribution in [-0.2, 0) is 0 Å². The van der Waals surface area contributed by atoms with Crippen LogP contribution in [0.15, 0.2) is 0 Å². The van der Waals surface area contributed by atoms with Gasteiger partial charge in [-0.15, -0.1) is 0 Å². The Balaban J connectivity index is 2.75. The molecule has 0 spiro atoms. The maximum absolute atomic E-state index is 2.34. The van der Waals surface area contributed by atoms with E-state index < -0.39 is 0 Å². The van der Waals surface area contributed by atoms with Crippen molar-refractivity contribution in [2.45, 2.75) is 49.9 Å². The second-order valence-corrected chi connectivity index (χ2v) is 5.56. The van der Waals surface area contributed by atoms with Gasteiger partial charge in [-0.1, -0.05) is 0 Å². The predicted molar refractivity (Wildman–Crippen MR) is 43.9 cm³/mol. The van der Waals surface area contributed by atoms with Gasteiger partial charge in [0.25, 0.3) is 0 Å². The quantitative estimate of drug-likeness (QED) is 0.504. The van der Waals surface area contributed by atoms with Crippen molar-refractivity contribution in [3.05, 3.63) is 0 Å². The van der Waals surface area contributed by atoms with E-state index >= 15 is 0 Å². The molecule has 0 rings (SSSR count). The van der Waals surface area contributed by atoms with E-state index in [2.05, 4.69) is 13.8 Å². The second-order valence-electron chi connectivity index (χ2n) is 2.75. The van der Waals surface area contributed by atoms with Crippen molar-refractivity contribution in [3.8, 4) is 0 Å². The van der Waals surface area contributed by atoms with Gasteiger partial charge in [0.2, 0.25) is 0 Å². The molecule has 0 aromatic rings. The third kappa shape index (κ3) is 8.80. The zero-order valence-corrected chi connectivity index (χ0v) is 9.47. The molecule has 0 fully saturated rings. The third-order valence-corrected chi connectivity index (χ3v) is 2.31. The van der Waals surface area contributed by atoms with Crippen LogP contribution < -0.4 is 0 Å². The predicted octanol–water partition coefficient (Wildman–Crippen LogP) is 2.93. The summed E-state index contributed by atoms with van der Waals surface area (Å²) in [5, 5.41) is 0. The molecular weight excluding hydrogens is 215 g/mol. The number of unbranched alkanes of at least 4 members (excludes halogenated alkanes) is 3. The Morgan fingerprint density at radius 1 is 1.22 bits per heavy atom. The van der Waals surface area contributed by atoms with Crippen molar-refractivity contribution in [2.75, 3.05) is 0 Å². The zero-order valence-electron chi connectivity index (χ0n) is 6.61. The minimum absolute atomic E-state index is 0.994. The van der Waals surface area contributed by atoms with Crippen LogP contribution in [0.1, 0.15) is 46.0 Å². The second kappa shape index (κ2) is 6.91.